The summed E-state index contributed by atoms with van der Waals surface area (Å²) in [5, 5.41) is 10.2. The maximum atomic E-state index is 13.3. The van der Waals surface area contributed by atoms with E-state index in [1.807, 2.05) is 0 Å². The number of carbonyl (C=O) groups excluding carboxylic acids is 3. The van der Waals surface area contributed by atoms with Crippen LogP contribution in [0.25, 0.3) is 16.7 Å². The van der Waals surface area contributed by atoms with Crippen LogP contribution in [0, 0.1) is 46.3 Å². The molecular formula is C27H23N7O5. The van der Waals surface area contributed by atoms with Gasteiger partial charge in [-0.15, -0.1) is 0 Å². The molecular weight excluding hydrogens is 502 g/mol. The zero-order valence-corrected chi connectivity index (χ0v) is 20.7. The van der Waals surface area contributed by atoms with Crippen molar-refractivity contribution in [3.05, 3.63) is 64.0 Å². The van der Waals surface area contributed by atoms with Crippen molar-refractivity contribution in [1.82, 2.24) is 29.8 Å². The lowest BCUT2D eigenvalue weighted by Crippen LogP contribution is -3.12. The molecule has 39 heavy (non-hydrogen) atoms. The molecule has 3 aromatic heterocycles. The lowest BCUT2D eigenvalue weighted by molar-refractivity contribution is -0.638. The average Bonchev–Trinajstić information content (AvgIpc) is 3.53. The molecule has 10 rings (SSSR count). The number of hydrogen-bond donors (Lipinski definition) is 3. The van der Waals surface area contributed by atoms with Crippen LogP contribution in [-0.4, -0.2) is 43.4 Å². The number of carbonyl (C=O) groups is 3. The Labute approximate surface area is 219 Å². The highest BCUT2D eigenvalue weighted by Gasteiger charge is 3.10. The van der Waals surface area contributed by atoms with Gasteiger partial charge in [0.1, 0.15) is 11.4 Å². The van der Waals surface area contributed by atoms with E-state index in [1.165, 1.54) is 21.3 Å². The van der Waals surface area contributed by atoms with Gasteiger partial charge in [-0.3, -0.25) is 19.0 Å². The number of rotatable bonds is 7. The Kier molecular flexibility index (Phi) is 3.51. The minimum Gasteiger partial charge on any atom is -0.408 e. The topological polar surface area (TPSA) is 167 Å². The third-order valence-corrected chi connectivity index (χ3v) is 11.0. The van der Waals surface area contributed by atoms with E-state index in [4.69, 9.17) is 10.2 Å². The number of aryl methyl sites for hydroxylation is 1. The summed E-state index contributed by atoms with van der Waals surface area (Å²) in [5.74, 6) is 1.49. The van der Waals surface area contributed by atoms with Crippen LogP contribution in [0.2, 0.25) is 0 Å². The van der Waals surface area contributed by atoms with Gasteiger partial charge in [0.05, 0.1) is 17.1 Å². The fourth-order valence-electron chi connectivity index (χ4n) is 9.67. The largest absolute Gasteiger partial charge is 0.419 e. The summed E-state index contributed by atoms with van der Waals surface area (Å²) in [6, 6.07) is 8.33. The van der Waals surface area contributed by atoms with E-state index in [2.05, 4.69) is 20.7 Å². The molecule has 0 aliphatic heterocycles. The van der Waals surface area contributed by atoms with Crippen molar-refractivity contribution in [3.63, 3.8) is 0 Å². The molecule has 0 radical (unpaired) electrons. The molecule has 12 nitrogen and oxygen atoms in total. The Hall–Kier alpha value is -4.48. The normalized spacial score (nSPS) is 35.2. The van der Waals surface area contributed by atoms with Gasteiger partial charge in [-0.2, -0.15) is 5.10 Å². The van der Waals surface area contributed by atoms with Crippen molar-refractivity contribution in [3.8, 4) is 0 Å². The Morgan fingerprint density at radius 3 is 2.49 bits per heavy atom. The number of nitrogens with one attached hydrogen (secondary N) is 2. The summed E-state index contributed by atoms with van der Waals surface area (Å²) < 4.78 is 7.99. The molecule has 0 spiro atoms. The highest BCUT2D eigenvalue weighted by atomic mass is 16.4. The Bertz CT molecular complexity index is 1850. The molecule has 3 heterocycles. The molecule has 0 unspecified atom stereocenters. The van der Waals surface area contributed by atoms with Crippen LogP contribution < -0.4 is 22.1 Å². The second kappa shape index (κ2) is 6.38. The maximum absolute atomic E-state index is 13.3. The molecule has 0 bridgehead atoms. The number of fused-ring (bicyclic) bond motifs is 2. The maximum Gasteiger partial charge on any atom is 0.419 e. The number of oxazole rings is 1. The SMILES string of the molecule is Cn1c(=O)oc2ccc(CNC(=O)c3cc(C(=O)NCC45C6C7C4C4C5C6C74C(N)=O)n4nccc4n3)cc21. The van der Waals surface area contributed by atoms with Crippen molar-refractivity contribution in [2.24, 2.45) is 59.1 Å². The summed E-state index contributed by atoms with van der Waals surface area (Å²) in [6.45, 7) is 0.764. The lowest BCUT2D eigenvalue weighted by atomic mass is 8.92. The number of nitrogens with zero attached hydrogens (tertiary/aromatic N) is 4. The molecule has 6 fully saturated rings. The molecule has 0 atom stereocenters. The van der Waals surface area contributed by atoms with E-state index in [0.29, 0.717) is 58.8 Å². The van der Waals surface area contributed by atoms with E-state index in [1.54, 1.807) is 31.3 Å². The van der Waals surface area contributed by atoms with Gasteiger partial charge in [0.15, 0.2) is 11.2 Å². The first kappa shape index (κ1) is 21.5. The zero-order valence-electron chi connectivity index (χ0n) is 20.7. The van der Waals surface area contributed by atoms with Crippen molar-refractivity contribution < 1.29 is 18.8 Å². The number of nitrogens with two attached hydrogens (primary N) is 1. The van der Waals surface area contributed by atoms with Crippen LogP contribution >= 0.6 is 0 Å². The van der Waals surface area contributed by atoms with E-state index in [9.17, 15) is 19.2 Å². The highest BCUT2D eigenvalue weighted by molar-refractivity contribution is 5.98. The summed E-state index contributed by atoms with van der Waals surface area (Å²) in [6.07, 6.45) is 1.53. The van der Waals surface area contributed by atoms with E-state index in [-0.39, 0.29) is 40.6 Å². The minimum atomic E-state index is -0.454. The number of hydrogen-bond acceptors (Lipinski definition) is 7. The van der Waals surface area contributed by atoms with Crippen LogP contribution in [-0.2, 0) is 18.4 Å². The molecule has 6 saturated carbocycles. The van der Waals surface area contributed by atoms with Gasteiger partial charge < -0.3 is 20.8 Å². The summed E-state index contributed by atoms with van der Waals surface area (Å²) in [4.78, 5) is 54.5. The van der Waals surface area contributed by atoms with Gasteiger partial charge in [-0.25, -0.2) is 14.3 Å². The van der Waals surface area contributed by atoms with Crippen molar-refractivity contribution in [2.45, 2.75) is 6.54 Å². The average molecular weight is 526 g/mol. The van der Waals surface area contributed by atoms with Crippen LogP contribution in [0.3, 0.4) is 0 Å². The monoisotopic (exact) mass is 525 g/mol. The van der Waals surface area contributed by atoms with Gasteiger partial charge in [0, 0.05) is 32.3 Å². The van der Waals surface area contributed by atoms with Crippen molar-refractivity contribution >= 4 is 34.5 Å². The van der Waals surface area contributed by atoms with Gasteiger partial charge in [-0.1, -0.05) is 6.07 Å². The Morgan fingerprint density at radius 1 is 1.03 bits per heavy atom. The molecule has 196 valence electrons. The molecule has 6 aliphatic carbocycles. The van der Waals surface area contributed by atoms with Gasteiger partial charge >= 0.3 is 5.76 Å². The molecule has 4 aromatic rings. The van der Waals surface area contributed by atoms with Crippen LogP contribution in [0.4, 0.5) is 0 Å². The molecule has 6 aliphatic rings. The summed E-state index contributed by atoms with van der Waals surface area (Å²) >= 11 is 0. The first-order valence-corrected chi connectivity index (χ1v) is 13.1. The van der Waals surface area contributed by atoms with Crippen LogP contribution in [0.5, 0.6) is 0 Å². The van der Waals surface area contributed by atoms with Gasteiger partial charge in [0.2, 0.25) is 5.91 Å². The summed E-state index contributed by atoms with van der Waals surface area (Å²) in [7, 11) is 1.62. The number of aromatic nitrogens is 4. The number of primary amides is 1. The van der Waals surface area contributed by atoms with Crippen LogP contribution in [0.15, 0.2) is 45.7 Å². The van der Waals surface area contributed by atoms with Crippen molar-refractivity contribution in [1.29, 1.82) is 0 Å². The van der Waals surface area contributed by atoms with E-state index >= 15 is 0 Å². The van der Waals surface area contributed by atoms with E-state index < -0.39 is 11.7 Å². The van der Waals surface area contributed by atoms with Gasteiger partial charge in [-0.05, 0) is 58.6 Å². The first-order valence-electron chi connectivity index (χ1n) is 13.1. The fourth-order valence-corrected chi connectivity index (χ4v) is 9.67. The molecule has 1 aromatic carbocycles. The molecule has 4 N–H and O–H groups in total. The summed E-state index contributed by atoms with van der Waals surface area (Å²) in [5.41, 5.74) is 8.25. The molecule has 0 saturated heterocycles. The zero-order chi connectivity index (χ0) is 26.6. The second-order valence-electron chi connectivity index (χ2n) is 11.8. The highest BCUT2D eigenvalue weighted by Crippen LogP contribution is 3.10. The number of amides is 3. The Balaban J connectivity index is 0.922. The predicted molar refractivity (Wildman–Crippen MR) is 133 cm³/mol. The predicted octanol–water partition coefficient (Wildman–Crippen LogP) is 0.0573. The van der Waals surface area contributed by atoms with Crippen molar-refractivity contribution in [2.75, 3.05) is 6.54 Å². The van der Waals surface area contributed by atoms with E-state index in [0.717, 1.165) is 5.56 Å². The minimum absolute atomic E-state index is 0.102. The molecule has 12 heteroatoms. The number of benzene rings is 1. The Morgan fingerprint density at radius 2 is 1.77 bits per heavy atom. The molecule has 3 amide bonds. The standard InChI is InChI=1S/C27H23N7O5/c1-33-12-6-10(2-3-14(12)39-25(33)38)8-29-22(35)11-7-13(34-15(32-11)4-5-31-34)23(36)30-9-26-16-19-17(26)21-18(26)20(16)27(19,21)24(28)37/h2-7,16-21H,8-9H2,1H3,(H2,28,37)(H,29,35)(H,30,36). The quantitative estimate of drug-likeness (QED) is 0.307. The smallest absolute Gasteiger partial charge is 0.408 e. The third kappa shape index (κ3) is 2.05. The third-order valence-electron chi connectivity index (χ3n) is 11.0. The van der Waals surface area contributed by atoms with Crippen LogP contribution in [0.1, 0.15) is 26.5 Å². The lowest BCUT2D eigenvalue weighted by Gasteiger charge is -3.10. The fraction of sp³-hybridized carbons (Fsp3) is 0.407. The van der Waals surface area contributed by atoms with Gasteiger partial charge in [0.25, 0.3) is 11.8 Å². The second-order valence-corrected chi connectivity index (χ2v) is 11.8. The first-order chi connectivity index (χ1) is 18.8.